The van der Waals surface area contributed by atoms with Crippen molar-refractivity contribution in [1.29, 1.82) is 0 Å². The van der Waals surface area contributed by atoms with Gasteiger partial charge in [-0.2, -0.15) is 0 Å². The minimum Gasteiger partial charge on any atom is -0.248 e. The quantitative estimate of drug-likeness (QED) is 0.541. The number of aryl methyl sites for hydroxylation is 1. The number of aliphatic imine (C=N–C) groups is 1. The molecule has 0 radical (unpaired) electrons. The Hall–Kier alpha value is -2.38. The second-order valence-electron chi connectivity index (χ2n) is 5.17. The van der Waals surface area contributed by atoms with E-state index in [2.05, 4.69) is 43.3 Å². The van der Waals surface area contributed by atoms with E-state index in [4.69, 9.17) is 16.6 Å². The molecule has 0 aliphatic heterocycles. The standard InChI is InChI=1S/C20H16ClN/c1-15-7-9-17(10-8-15)20(16-5-3-2-4-6-16)22-19-13-11-18(21)12-14-19/h2-14H,1H3. The van der Waals surface area contributed by atoms with Crippen molar-refractivity contribution < 1.29 is 0 Å². The van der Waals surface area contributed by atoms with Gasteiger partial charge in [-0.3, -0.25) is 0 Å². The smallest absolute Gasteiger partial charge is 0.0781 e. The van der Waals surface area contributed by atoms with Crippen LogP contribution in [0.3, 0.4) is 0 Å². The summed E-state index contributed by atoms with van der Waals surface area (Å²) in [6.07, 6.45) is 0. The number of hydrogen-bond donors (Lipinski definition) is 0. The molecule has 0 unspecified atom stereocenters. The fourth-order valence-corrected chi connectivity index (χ4v) is 2.37. The van der Waals surface area contributed by atoms with Crippen LogP contribution in [0, 0.1) is 6.92 Å². The number of benzene rings is 3. The lowest BCUT2D eigenvalue weighted by Gasteiger charge is -2.08. The highest BCUT2D eigenvalue weighted by Gasteiger charge is 2.07. The van der Waals surface area contributed by atoms with Crippen molar-refractivity contribution in [3.8, 4) is 0 Å². The molecule has 0 amide bonds. The summed E-state index contributed by atoms with van der Waals surface area (Å²) in [5.41, 5.74) is 5.29. The van der Waals surface area contributed by atoms with Gasteiger partial charge < -0.3 is 0 Å². The third-order valence-corrected chi connectivity index (χ3v) is 3.69. The fraction of sp³-hybridized carbons (Fsp3) is 0.0500. The van der Waals surface area contributed by atoms with Crippen LogP contribution in [0.15, 0.2) is 83.9 Å². The van der Waals surface area contributed by atoms with Gasteiger partial charge >= 0.3 is 0 Å². The molecule has 0 spiro atoms. The molecule has 0 heterocycles. The lowest BCUT2D eigenvalue weighted by Crippen LogP contribution is -2.02. The van der Waals surface area contributed by atoms with Crippen LogP contribution in [0.25, 0.3) is 0 Å². The van der Waals surface area contributed by atoms with Gasteiger partial charge in [0.2, 0.25) is 0 Å². The third-order valence-electron chi connectivity index (χ3n) is 3.44. The van der Waals surface area contributed by atoms with Crippen molar-refractivity contribution in [2.24, 2.45) is 4.99 Å². The maximum Gasteiger partial charge on any atom is 0.0781 e. The van der Waals surface area contributed by atoms with Gasteiger partial charge in [-0.15, -0.1) is 0 Å². The molecule has 22 heavy (non-hydrogen) atoms. The maximum absolute atomic E-state index is 5.95. The summed E-state index contributed by atoms with van der Waals surface area (Å²) < 4.78 is 0. The van der Waals surface area contributed by atoms with Crippen LogP contribution < -0.4 is 0 Å². The Bertz CT molecular complexity index is 772. The van der Waals surface area contributed by atoms with Gasteiger partial charge in [0.05, 0.1) is 11.4 Å². The molecular formula is C20H16ClN. The molecule has 108 valence electrons. The van der Waals surface area contributed by atoms with Crippen LogP contribution in [0.1, 0.15) is 16.7 Å². The number of hydrogen-bond acceptors (Lipinski definition) is 1. The molecule has 1 nitrogen and oxygen atoms in total. The molecule has 0 aromatic heterocycles. The third kappa shape index (κ3) is 3.44. The zero-order chi connectivity index (χ0) is 15.4. The predicted molar refractivity (Wildman–Crippen MR) is 94.4 cm³/mol. The van der Waals surface area contributed by atoms with Crippen LogP contribution in [0.5, 0.6) is 0 Å². The summed E-state index contributed by atoms with van der Waals surface area (Å²) in [5.74, 6) is 0. The Kier molecular flexibility index (Phi) is 4.36. The zero-order valence-corrected chi connectivity index (χ0v) is 13.1. The Morgan fingerprint density at radius 3 is 1.95 bits per heavy atom. The van der Waals surface area contributed by atoms with E-state index in [1.807, 2.05) is 42.5 Å². The lowest BCUT2D eigenvalue weighted by molar-refractivity contribution is 1.43. The van der Waals surface area contributed by atoms with Crippen molar-refractivity contribution in [1.82, 2.24) is 0 Å². The van der Waals surface area contributed by atoms with Crippen molar-refractivity contribution in [3.05, 3.63) is 101 Å². The number of rotatable bonds is 3. The number of halogens is 1. The first-order valence-corrected chi connectivity index (χ1v) is 7.57. The summed E-state index contributed by atoms with van der Waals surface area (Å²) in [5, 5.41) is 0.718. The molecule has 0 N–H and O–H groups in total. The van der Waals surface area contributed by atoms with Crippen molar-refractivity contribution in [3.63, 3.8) is 0 Å². The molecule has 0 aliphatic rings. The van der Waals surface area contributed by atoms with Gasteiger partial charge in [0, 0.05) is 16.1 Å². The summed E-state index contributed by atoms with van der Waals surface area (Å²) in [6.45, 7) is 2.09. The van der Waals surface area contributed by atoms with Crippen molar-refractivity contribution in [2.75, 3.05) is 0 Å². The first kappa shape index (κ1) is 14.6. The average Bonchev–Trinajstić information content (AvgIpc) is 2.56. The highest BCUT2D eigenvalue weighted by atomic mass is 35.5. The molecule has 0 saturated carbocycles. The molecule has 0 bridgehead atoms. The van der Waals surface area contributed by atoms with Gasteiger partial charge in [0.15, 0.2) is 0 Å². The first-order valence-electron chi connectivity index (χ1n) is 7.19. The Morgan fingerprint density at radius 1 is 0.727 bits per heavy atom. The zero-order valence-electron chi connectivity index (χ0n) is 12.3. The van der Waals surface area contributed by atoms with Gasteiger partial charge in [0.25, 0.3) is 0 Å². The van der Waals surface area contributed by atoms with Crippen molar-refractivity contribution >= 4 is 23.0 Å². The van der Waals surface area contributed by atoms with E-state index in [1.54, 1.807) is 0 Å². The molecule has 3 aromatic carbocycles. The van der Waals surface area contributed by atoms with Crippen LogP contribution in [0.2, 0.25) is 5.02 Å². The number of nitrogens with zero attached hydrogens (tertiary/aromatic N) is 1. The van der Waals surface area contributed by atoms with Crippen LogP contribution in [-0.2, 0) is 0 Å². The summed E-state index contributed by atoms with van der Waals surface area (Å²) in [6, 6.07) is 26.2. The summed E-state index contributed by atoms with van der Waals surface area (Å²) in [7, 11) is 0. The van der Waals surface area contributed by atoms with Gasteiger partial charge in [-0.25, -0.2) is 4.99 Å². The summed E-state index contributed by atoms with van der Waals surface area (Å²) in [4.78, 5) is 4.83. The monoisotopic (exact) mass is 305 g/mol. The topological polar surface area (TPSA) is 12.4 Å². The molecular weight excluding hydrogens is 290 g/mol. The van der Waals surface area contributed by atoms with E-state index in [0.717, 1.165) is 27.5 Å². The highest BCUT2D eigenvalue weighted by molar-refractivity contribution is 6.30. The normalized spacial score (nSPS) is 11.5. The van der Waals surface area contributed by atoms with E-state index in [1.165, 1.54) is 5.56 Å². The Morgan fingerprint density at radius 2 is 1.32 bits per heavy atom. The van der Waals surface area contributed by atoms with Crippen LogP contribution in [0.4, 0.5) is 5.69 Å². The molecule has 3 aromatic rings. The maximum atomic E-state index is 5.95. The van der Waals surface area contributed by atoms with Crippen LogP contribution >= 0.6 is 11.6 Å². The molecule has 0 fully saturated rings. The largest absolute Gasteiger partial charge is 0.248 e. The minimum atomic E-state index is 0.718. The molecule has 0 atom stereocenters. The van der Waals surface area contributed by atoms with E-state index >= 15 is 0 Å². The van der Waals surface area contributed by atoms with Gasteiger partial charge in [-0.05, 0) is 31.2 Å². The van der Waals surface area contributed by atoms with Crippen molar-refractivity contribution in [2.45, 2.75) is 6.92 Å². The molecule has 2 heteroatoms. The second kappa shape index (κ2) is 6.59. The van der Waals surface area contributed by atoms with E-state index in [0.29, 0.717) is 0 Å². The van der Waals surface area contributed by atoms with Gasteiger partial charge in [-0.1, -0.05) is 71.8 Å². The highest BCUT2D eigenvalue weighted by Crippen LogP contribution is 2.20. The average molecular weight is 306 g/mol. The SMILES string of the molecule is Cc1ccc(C(=Nc2ccc(Cl)cc2)c2ccccc2)cc1. The predicted octanol–water partition coefficient (Wildman–Crippen LogP) is 5.82. The fourth-order valence-electron chi connectivity index (χ4n) is 2.25. The lowest BCUT2D eigenvalue weighted by atomic mass is 10.0. The Balaban J connectivity index is 2.10. The van der Waals surface area contributed by atoms with E-state index in [-0.39, 0.29) is 0 Å². The van der Waals surface area contributed by atoms with Crippen LogP contribution in [-0.4, -0.2) is 5.71 Å². The summed E-state index contributed by atoms with van der Waals surface area (Å²) >= 11 is 5.95. The molecule has 0 saturated heterocycles. The Labute approximate surface area is 135 Å². The first-order chi connectivity index (χ1) is 10.7. The minimum absolute atomic E-state index is 0.718. The molecule has 0 aliphatic carbocycles. The second-order valence-corrected chi connectivity index (χ2v) is 5.61. The van der Waals surface area contributed by atoms with E-state index < -0.39 is 0 Å². The van der Waals surface area contributed by atoms with E-state index in [9.17, 15) is 0 Å². The van der Waals surface area contributed by atoms with Gasteiger partial charge in [0.1, 0.15) is 0 Å². The molecule has 3 rings (SSSR count).